The molecular weight excluding hydrogens is 440 g/mol. The van der Waals surface area contributed by atoms with Gasteiger partial charge < -0.3 is 9.47 Å². The summed E-state index contributed by atoms with van der Waals surface area (Å²) in [6.07, 6.45) is 10.4. The minimum Gasteiger partial charge on any atom is -0.464 e. The van der Waals surface area contributed by atoms with Gasteiger partial charge >= 0.3 is 0 Å². The molecule has 2 nitrogen and oxygen atoms in total. The molecule has 0 heterocycles. The van der Waals surface area contributed by atoms with E-state index in [1.54, 1.807) is 0 Å². The summed E-state index contributed by atoms with van der Waals surface area (Å²) in [6.45, 7) is 11.0. The van der Waals surface area contributed by atoms with E-state index in [1.165, 1.54) is 60.8 Å². The van der Waals surface area contributed by atoms with Gasteiger partial charge in [-0.3, -0.25) is 0 Å². The first-order valence-electron chi connectivity index (χ1n) is 14.6. The Hall–Kier alpha value is -2.06. The lowest BCUT2D eigenvalue weighted by Gasteiger charge is -2.62. The molecule has 2 aromatic carbocycles. The molecule has 0 saturated heterocycles. The van der Waals surface area contributed by atoms with Crippen LogP contribution in [0.1, 0.15) is 94.2 Å². The third kappa shape index (κ3) is 4.44. The summed E-state index contributed by atoms with van der Waals surface area (Å²) in [5, 5.41) is 0. The van der Waals surface area contributed by atoms with Crippen LogP contribution in [0.2, 0.25) is 0 Å². The number of hydrogen-bond donors (Lipinski definition) is 0. The third-order valence-corrected chi connectivity index (χ3v) is 9.99. The predicted molar refractivity (Wildman–Crippen MR) is 147 cm³/mol. The first kappa shape index (κ1) is 24.3. The van der Waals surface area contributed by atoms with Crippen molar-refractivity contribution in [1.82, 2.24) is 0 Å². The molecule has 8 unspecified atom stereocenters. The highest BCUT2D eigenvalue weighted by molar-refractivity contribution is 5.35. The van der Waals surface area contributed by atoms with Crippen molar-refractivity contribution in [2.75, 3.05) is 0 Å². The quantitative estimate of drug-likeness (QED) is 0.262. The van der Waals surface area contributed by atoms with E-state index in [0.29, 0.717) is 23.9 Å². The molecule has 3 saturated carbocycles. The molecule has 0 spiro atoms. The number of allylic oxidation sites excluding steroid dienone is 1. The fraction of sp³-hybridized carbons (Fsp3) is 0.588. The van der Waals surface area contributed by atoms with Gasteiger partial charge in [0.2, 0.25) is 6.29 Å². The second-order valence-corrected chi connectivity index (χ2v) is 12.7. The van der Waals surface area contributed by atoms with Crippen LogP contribution in [0, 0.1) is 29.6 Å². The Kier molecular flexibility index (Phi) is 6.75. The summed E-state index contributed by atoms with van der Waals surface area (Å²) >= 11 is 0. The molecular formula is C34H44O2. The van der Waals surface area contributed by atoms with Crippen LogP contribution in [0.25, 0.3) is 0 Å². The molecule has 2 heteroatoms. The van der Waals surface area contributed by atoms with Gasteiger partial charge in [-0.05, 0) is 110 Å². The van der Waals surface area contributed by atoms with Gasteiger partial charge in [0.15, 0.2) is 0 Å². The molecule has 4 aliphatic rings. The number of hydrogen-bond acceptors (Lipinski definition) is 2. The smallest absolute Gasteiger partial charge is 0.207 e. The van der Waals surface area contributed by atoms with Crippen molar-refractivity contribution in [2.24, 2.45) is 29.6 Å². The largest absolute Gasteiger partial charge is 0.464 e. The average molecular weight is 485 g/mol. The molecule has 2 aromatic rings. The maximum Gasteiger partial charge on any atom is 0.207 e. The van der Waals surface area contributed by atoms with Crippen LogP contribution in [0.4, 0.5) is 0 Å². The number of aryl methyl sites for hydroxylation is 1. The highest BCUT2D eigenvalue weighted by Crippen LogP contribution is 2.65. The van der Waals surface area contributed by atoms with Gasteiger partial charge in [0.05, 0.1) is 6.10 Å². The minimum atomic E-state index is -0.212. The Morgan fingerprint density at radius 2 is 1.72 bits per heavy atom. The Bertz CT molecular complexity index is 1070. The van der Waals surface area contributed by atoms with E-state index in [1.807, 2.05) is 0 Å². The lowest BCUT2D eigenvalue weighted by Crippen LogP contribution is -2.61. The van der Waals surface area contributed by atoms with Crippen LogP contribution in [-0.4, -0.2) is 12.4 Å². The van der Waals surface area contributed by atoms with Crippen molar-refractivity contribution >= 4 is 0 Å². The molecule has 0 N–H and O–H groups in total. The second kappa shape index (κ2) is 10.0. The fourth-order valence-electron chi connectivity index (χ4n) is 8.20. The topological polar surface area (TPSA) is 18.5 Å². The molecule has 0 aliphatic heterocycles. The van der Waals surface area contributed by atoms with Crippen LogP contribution in [-0.2, 0) is 11.2 Å². The number of benzene rings is 2. The SMILES string of the molecule is C=C(C)C(CC(C)C)c1ccc(OC(OC2CC3C4CCCC4C23)C2CCCc3ccccc32)cc1. The third-order valence-electron chi connectivity index (χ3n) is 9.99. The van der Waals surface area contributed by atoms with Crippen molar-refractivity contribution in [3.05, 3.63) is 77.4 Å². The average Bonchev–Trinajstić information content (AvgIpc) is 3.26. The number of fused-ring (bicyclic) bond motifs is 5. The Balaban J connectivity index is 1.22. The first-order valence-corrected chi connectivity index (χ1v) is 14.6. The second-order valence-electron chi connectivity index (χ2n) is 12.7. The molecule has 0 radical (unpaired) electrons. The van der Waals surface area contributed by atoms with E-state index >= 15 is 0 Å². The monoisotopic (exact) mass is 484 g/mol. The predicted octanol–water partition coefficient (Wildman–Crippen LogP) is 8.67. The van der Waals surface area contributed by atoms with E-state index < -0.39 is 0 Å². The highest BCUT2D eigenvalue weighted by Gasteiger charge is 2.62. The fourth-order valence-corrected chi connectivity index (χ4v) is 8.20. The van der Waals surface area contributed by atoms with Crippen LogP contribution in [0.5, 0.6) is 5.75 Å². The van der Waals surface area contributed by atoms with Gasteiger partial charge in [0.1, 0.15) is 5.75 Å². The molecule has 8 atom stereocenters. The summed E-state index contributed by atoms with van der Waals surface area (Å²) in [4.78, 5) is 0. The summed E-state index contributed by atoms with van der Waals surface area (Å²) < 4.78 is 13.7. The normalized spacial score (nSPS) is 31.9. The standard InChI is InChI=1S/C34H44O2/c1-21(2)19-30(22(3)4)24-15-17-25(18-16-24)35-34(29-14-7-10-23-9-5-6-11-26(23)29)36-32-20-31-27-12-8-13-28(27)33(31)32/h5-6,9,11,15-18,21,27-34H,3,7-8,10,12-14,19-20H2,1-2,4H3. The molecule has 3 fully saturated rings. The number of rotatable bonds is 9. The van der Waals surface area contributed by atoms with Gasteiger partial charge in [-0.25, -0.2) is 0 Å². The van der Waals surface area contributed by atoms with Gasteiger partial charge in [0.25, 0.3) is 0 Å². The molecule has 36 heavy (non-hydrogen) atoms. The molecule has 0 aromatic heterocycles. The zero-order chi connectivity index (χ0) is 24.8. The van der Waals surface area contributed by atoms with E-state index in [0.717, 1.165) is 42.3 Å². The lowest BCUT2D eigenvalue weighted by atomic mass is 9.46. The van der Waals surface area contributed by atoms with Crippen molar-refractivity contribution in [3.8, 4) is 5.75 Å². The van der Waals surface area contributed by atoms with Crippen molar-refractivity contribution < 1.29 is 9.47 Å². The van der Waals surface area contributed by atoms with E-state index in [4.69, 9.17) is 9.47 Å². The summed E-state index contributed by atoms with van der Waals surface area (Å²) in [5.41, 5.74) is 5.49. The highest BCUT2D eigenvalue weighted by atomic mass is 16.7. The molecule has 192 valence electrons. The molecule has 6 rings (SSSR count). The number of ether oxygens (including phenoxy) is 2. The Labute approximate surface area is 218 Å². The van der Waals surface area contributed by atoms with Crippen LogP contribution in [0.3, 0.4) is 0 Å². The van der Waals surface area contributed by atoms with E-state index in [-0.39, 0.29) is 6.29 Å². The van der Waals surface area contributed by atoms with Gasteiger partial charge in [-0.2, -0.15) is 0 Å². The van der Waals surface area contributed by atoms with Gasteiger partial charge in [-0.15, -0.1) is 0 Å². The van der Waals surface area contributed by atoms with Gasteiger partial charge in [-0.1, -0.05) is 68.8 Å². The zero-order valence-electron chi connectivity index (χ0n) is 22.5. The van der Waals surface area contributed by atoms with Crippen molar-refractivity contribution in [1.29, 1.82) is 0 Å². The molecule has 0 bridgehead atoms. The van der Waals surface area contributed by atoms with Crippen LogP contribution >= 0.6 is 0 Å². The molecule has 4 aliphatic carbocycles. The maximum absolute atomic E-state index is 6.96. The minimum absolute atomic E-state index is 0.212. The molecule has 0 amide bonds. The summed E-state index contributed by atoms with van der Waals surface area (Å²) in [5.74, 6) is 5.93. The Morgan fingerprint density at radius 3 is 2.50 bits per heavy atom. The maximum atomic E-state index is 6.96. The van der Waals surface area contributed by atoms with Crippen LogP contribution in [0.15, 0.2) is 60.7 Å². The lowest BCUT2D eigenvalue weighted by molar-refractivity contribution is -0.252. The first-order chi connectivity index (χ1) is 17.5. The van der Waals surface area contributed by atoms with Gasteiger partial charge in [0, 0.05) is 11.8 Å². The van der Waals surface area contributed by atoms with Crippen LogP contribution < -0.4 is 4.74 Å². The summed E-state index contributed by atoms with van der Waals surface area (Å²) in [6, 6.07) is 17.8. The summed E-state index contributed by atoms with van der Waals surface area (Å²) in [7, 11) is 0. The zero-order valence-corrected chi connectivity index (χ0v) is 22.5. The van der Waals surface area contributed by atoms with E-state index in [9.17, 15) is 0 Å². The van der Waals surface area contributed by atoms with Crippen molar-refractivity contribution in [2.45, 2.75) is 96.4 Å². The van der Waals surface area contributed by atoms with Crippen molar-refractivity contribution in [3.63, 3.8) is 0 Å². The van der Waals surface area contributed by atoms with E-state index in [2.05, 4.69) is 75.9 Å². The Morgan fingerprint density at radius 1 is 0.944 bits per heavy atom.